The van der Waals surface area contributed by atoms with Crippen molar-refractivity contribution in [2.45, 2.75) is 57.5 Å². The van der Waals surface area contributed by atoms with E-state index < -0.39 is 11.9 Å². The van der Waals surface area contributed by atoms with Gasteiger partial charge >= 0.3 is 5.97 Å². The molecule has 2 aliphatic carbocycles. The Kier molecular flexibility index (Phi) is 7.62. The zero-order chi connectivity index (χ0) is 28.7. The van der Waals surface area contributed by atoms with E-state index in [2.05, 4.69) is 0 Å². The minimum atomic E-state index is -0.918. The second kappa shape index (κ2) is 11.3. The van der Waals surface area contributed by atoms with Gasteiger partial charge in [-0.1, -0.05) is 65.7 Å². The van der Waals surface area contributed by atoms with Crippen molar-refractivity contribution in [2.75, 3.05) is 6.54 Å². The smallest absolute Gasteiger partial charge is 0.305 e. The summed E-state index contributed by atoms with van der Waals surface area (Å²) in [5.41, 5.74) is 4.44. The molecule has 210 valence electrons. The largest absolute Gasteiger partial charge is 0.486 e. The SMILES string of the molecule is O=C(O)CCN1C2=C(C(=O)CCC2)C(c2cc(Cl)c(OCc3cccc4ccccc34)c(Cl)c2)C2=C1CCCC2=O. The summed E-state index contributed by atoms with van der Waals surface area (Å²) in [6, 6.07) is 17.6. The monoisotopic (exact) mass is 589 g/mol. The molecule has 3 aromatic carbocycles. The molecule has 8 heteroatoms. The van der Waals surface area contributed by atoms with Crippen LogP contribution in [0.5, 0.6) is 5.75 Å². The second-order valence-corrected chi connectivity index (χ2v) is 11.6. The maximum absolute atomic E-state index is 13.5. The van der Waals surface area contributed by atoms with Crippen molar-refractivity contribution in [1.82, 2.24) is 4.90 Å². The number of allylic oxidation sites excluding steroid dienone is 4. The number of carboxylic acids is 1. The van der Waals surface area contributed by atoms with Crippen LogP contribution >= 0.6 is 23.2 Å². The van der Waals surface area contributed by atoms with Gasteiger partial charge in [0.2, 0.25) is 0 Å². The van der Waals surface area contributed by atoms with Gasteiger partial charge < -0.3 is 14.7 Å². The number of Topliss-reactive ketones (excluding diaryl/α,β-unsaturated/α-hetero) is 2. The number of ketones is 2. The molecule has 0 fully saturated rings. The molecular formula is C33H29Cl2NO5. The number of carbonyl (C=O) groups is 3. The van der Waals surface area contributed by atoms with Crippen molar-refractivity contribution in [1.29, 1.82) is 0 Å². The zero-order valence-electron chi connectivity index (χ0n) is 22.4. The second-order valence-electron chi connectivity index (χ2n) is 10.7. The van der Waals surface area contributed by atoms with Crippen LogP contribution < -0.4 is 4.74 Å². The quantitative estimate of drug-likeness (QED) is 0.305. The fraction of sp³-hybridized carbons (Fsp3) is 0.303. The standard InChI is InChI=1S/C33H29Cl2NO5/c34-23-16-21(17-24(35)33(23)41-18-20-8-3-7-19-6-1-2-9-22(19)20)30-31-25(10-4-12-27(31)37)36(15-14-29(39)40)26-11-5-13-28(38)32(26)30/h1-3,6-9,16-17,30H,4-5,10-15,18H2,(H,39,40). The zero-order valence-corrected chi connectivity index (χ0v) is 23.9. The van der Waals surface area contributed by atoms with Crippen molar-refractivity contribution < 1.29 is 24.2 Å². The highest BCUT2D eigenvalue weighted by Gasteiger charge is 2.43. The van der Waals surface area contributed by atoms with Gasteiger partial charge in [-0.3, -0.25) is 14.4 Å². The Morgan fingerprint density at radius 1 is 0.878 bits per heavy atom. The highest BCUT2D eigenvalue weighted by atomic mass is 35.5. The number of hydrogen-bond acceptors (Lipinski definition) is 5. The van der Waals surface area contributed by atoms with Gasteiger partial charge in [0.1, 0.15) is 6.61 Å². The third-order valence-electron chi connectivity index (χ3n) is 8.24. The first-order valence-corrected chi connectivity index (χ1v) is 14.7. The third kappa shape index (κ3) is 5.15. The molecule has 0 saturated carbocycles. The Hall–Kier alpha value is -3.61. The van der Waals surface area contributed by atoms with Crippen molar-refractivity contribution in [3.63, 3.8) is 0 Å². The molecule has 0 atom stereocenters. The van der Waals surface area contributed by atoms with Gasteiger partial charge in [-0.2, -0.15) is 0 Å². The van der Waals surface area contributed by atoms with Gasteiger partial charge in [0, 0.05) is 47.8 Å². The van der Waals surface area contributed by atoms with E-state index >= 15 is 0 Å². The average molecular weight is 591 g/mol. The average Bonchev–Trinajstić information content (AvgIpc) is 2.95. The number of halogens is 2. The lowest BCUT2D eigenvalue weighted by Gasteiger charge is -2.44. The summed E-state index contributed by atoms with van der Waals surface area (Å²) >= 11 is 13.6. The fourth-order valence-corrected chi connectivity index (χ4v) is 7.09. The normalized spacial score (nSPS) is 17.7. The van der Waals surface area contributed by atoms with Crippen molar-refractivity contribution in [3.05, 3.63) is 98.3 Å². The van der Waals surface area contributed by atoms with Crippen LogP contribution in [-0.4, -0.2) is 34.1 Å². The summed E-state index contributed by atoms with van der Waals surface area (Å²) in [7, 11) is 0. The molecule has 0 radical (unpaired) electrons. The van der Waals surface area contributed by atoms with Crippen molar-refractivity contribution >= 4 is 51.5 Å². The van der Waals surface area contributed by atoms with Crippen LogP contribution in [0.25, 0.3) is 10.8 Å². The summed E-state index contributed by atoms with van der Waals surface area (Å²) in [5, 5.41) is 12.2. The van der Waals surface area contributed by atoms with Crippen LogP contribution in [0.15, 0.2) is 77.1 Å². The van der Waals surface area contributed by atoms with Gasteiger partial charge in [-0.15, -0.1) is 0 Å². The van der Waals surface area contributed by atoms with Gasteiger partial charge in [-0.25, -0.2) is 0 Å². The van der Waals surface area contributed by atoms with Crippen LogP contribution in [0.1, 0.15) is 62.0 Å². The van der Waals surface area contributed by atoms with Gasteiger partial charge in [0.15, 0.2) is 17.3 Å². The van der Waals surface area contributed by atoms with E-state index in [1.54, 1.807) is 12.1 Å². The highest BCUT2D eigenvalue weighted by molar-refractivity contribution is 6.37. The first-order chi connectivity index (χ1) is 19.8. The van der Waals surface area contributed by atoms with E-state index in [1.165, 1.54) is 0 Å². The molecule has 0 unspecified atom stereocenters. The minimum absolute atomic E-state index is 0.0231. The number of nitrogens with zero attached hydrogens (tertiary/aromatic N) is 1. The lowest BCUT2D eigenvalue weighted by atomic mass is 9.71. The lowest BCUT2D eigenvalue weighted by Crippen LogP contribution is -2.39. The summed E-state index contributed by atoms with van der Waals surface area (Å²) < 4.78 is 6.15. The molecule has 41 heavy (non-hydrogen) atoms. The first kappa shape index (κ1) is 27.6. The molecule has 1 heterocycles. The van der Waals surface area contributed by atoms with E-state index in [0.29, 0.717) is 71.0 Å². The number of carbonyl (C=O) groups excluding carboxylic acids is 2. The minimum Gasteiger partial charge on any atom is -0.486 e. The van der Waals surface area contributed by atoms with E-state index in [-0.39, 0.29) is 31.1 Å². The van der Waals surface area contributed by atoms with E-state index in [1.807, 2.05) is 47.4 Å². The maximum atomic E-state index is 13.5. The van der Waals surface area contributed by atoms with E-state index in [9.17, 15) is 19.5 Å². The van der Waals surface area contributed by atoms with Crippen LogP contribution in [0.4, 0.5) is 0 Å². The van der Waals surface area contributed by atoms with Crippen molar-refractivity contribution in [2.24, 2.45) is 0 Å². The number of aliphatic carboxylic acids is 1. The Morgan fingerprint density at radius 2 is 1.49 bits per heavy atom. The Labute approximate surface area is 248 Å². The lowest BCUT2D eigenvalue weighted by molar-refractivity contribution is -0.137. The number of rotatable bonds is 7. The molecule has 0 bridgehead atoms. The van der Waals surface area contributed by atoms with Gasteiger partial charge in [0.05, 0.1) is 16.5 Å². The molecule has 0 saturated heterocycles. The van der Waals surface area contributed by atoms with Crippen LogP contribution in [0, 0.1) is 0 Å². The number of benzene rings is 3. The van der Waals surface area contributed by atoms with Gasteiger partial charge in [0.25, 0.3) is 0 Å². The number of hydrogen-bond donors (Lipinski definition) is 1. The highest BCUT2D eigenvalue weighted by Crippen LogP contribution is 2.50. The number of ether oxygens (including phenoxy) is 1. The summed E-state index contributed by atoms with van der Waals surface area (Å²) in [5.74, 6) is -1.21. The van der Waals surface area contributed by atoms with Crippen LogP contribution in [0.2, 0.25) is 10.0 Å². The van der Waals surface area contributed by atoms with Crippen molar-refractivity contribution in [3.8, 4) is 5.75 Å². The number of carboxylic acid groups (broad SMARTS) is 1. The predicted octanol–water partition coefficient (Wildman–Crippen LogP) is 7.61. The van der Waals surface area contributed by atoms with E-state index in [0.717, 1.165) is 27.7 Å². The Balaban J connectivity index is 1.39. The molecular weight excluding hydrogens is 561 g/mol. The predicted molar refractivity (Wildman–Crippen MR) is 158 cm³/mol. The summed E-state index contributed by atoms with van der Waals surface area (Å²) in [6.45, 7) is 0.492. The molecule has 3 aliphatic rings. The summed E-state index contributed by atoms with van der Waals surface area (Å²) in [6.07, 6.45) is 3.35. The summed E-state index contributed by atoms with van der Waals surface area (Å²) in [4.78, 5) is 40.3. The molecule has 6 nitrogen and oxygen atoms in total. The van der Waals surface area contributed by atoms with Crippen LogP contribution in [0.3, 0.4) is 0 Å². The molecule has 0 aromatic heterocycles. The topological polar surface area (TPSA) is 83.9 Å². The molecule has 1 N–H and O–H groups in total. The first-order valence-electron chi connectivity index (χ1n) is 13.9. The maximum Gasteiger partial charge on any atom is 0.305 e. The Morgan fingerprint density at radius 3 is 2.12 bits per heavy atom. The van der Waals surface area contributed by atoms with E-state index in [4.69, 9.17) is 27.9 Å². The molecule has 1 aliphatic heterocycles. The molecule has 3 aromatic rings. The van der Waals surface area contributed by atoms with Crippen LogP contribution in [-0.2, 0) is 21.0 Å². The Bertz CT molecular complexity index is 1580. The number of fused-ring (bicyclic) bond motifs is 1. The third-order valence-corrected chi connectivity index (χ3v) is 8.80. The molecule has 6 rings (SSSR count). The van der Waals surface area contributed by atoms with Gasteiger partial charge in [-0.05, 0) is 59.7 Å². The molecule has 0 spiro atoms. The molecule has 0 amide bonds. The fourth-order valence-electron chi connectivity index (χ4n) is 6.48.